The van der Waals surface area contributed by atoms with Crippen LogP contribution in [0.3, 0.4) is 0 Å². The van der Waals surface area contributed by atoms with Gasteiger partial charge in [-0.1, -0.05) is 25.4 Å². The predicted octanol–water partition coefficient (Wildman–Crippen LogP) is 2.62. The molecule has 0 aliphatic rings. The van der Waals surface area contributed by atoms with Crippen molar-refractivity contribution in [2.45, 2.75) is 20.8 Å². The van der Waals surface area contributed by atoms with Gasteiger partial charge in [0.15, 0.2) is 0 Å². The fourth-order valence-electron chi connectivity index (χ4n) is 1.33. The zero-order valence-corrected chi connectivity index (χ0v) is 10.6. The molecule has 0 saturated heterocycles. The fourth-order valence-corrected chi connectivity index (χ4v) is 1.61. The number of benzene rings is 1. The number of hydrogen-bond donors (Lipinski definition) is 2. The maximum absolute atomic E-state index is 11.8. The molecule has 4 heteroatoms. The van der Waals surface area contributed by atoms with Crippen LogP contribution in [0.5, 0.6) is 0 Å². The van der Waals surface area contributed by atoms with E-state index < -0.39 is 0 Å². The van der Waals surface area contributed by atoms with Crippen LogP contribution in [0.15, 0.2) is 12.1 Å². The molecule has 3 nitrogen and oxygen atoms in total. The van der Waals surface area contributed by atoms with Gasteiger partial charge < -0.3 is 11.1 Å². The highest BCUT2D eigenvalue weighted by atomic mass is 35.5. The third-order valence-corrected chi connectivity index (χ3v) is 2.49. The van der Waals surface area contributed by atoms with Crippen LogP contribution in [0.25, 0.3) is 0 Å². The molecule has 1 aromatic rings. The number of hydrogen-bond acceptors (Lipinski definition) is 2. The Kier molecular flexibility index (Phi) is 4.19. The van der Waals surface area contributed by atoms with Crippen molar-refractivity contribution in [2.24, 2.45) is 5.92 Å². The molecule has 1 rings (SSSR count). The molecule has 1 amide bonds. The van der Waals surface area contributed by atoms with E-state index in [1.54, 1.807) is 12.1 Å². The van der Waals surface area contributed by atoms with Crippen molar-refractivity contribution in [1.82, 2.24) is 5.32 Å². The highest BCUT2D eigenvalue weighted by Gasteiger charge is 2.12. The van der Waals surface area contributed by atoms with Crippen LogP contribution in [-0.2, 0) is 0 Å². The van der Waals surface area contributed by atoms with Crippen LogP contribution < -0.4 is 11.1 Å². The van der Waals surface area contributed by atoms with Gasteiger partial charge in [0, 0.05) is 17.3 Å². The minimum absolute atomic E-state index is 0.170. The minimum Gasteiger partial charge on any atom is -0.398 e. The fraction of sp³-hybridized carbons (Fsp3) is 0.417. The second-order valence-corrected chi connectivity index (χ2v) is 4.72. The van der Waals surface area contributed by atoms with Gasteiger partial charge in [0.1, 0.15) is 0 Å². The second kappa shape index (κ2) is 5.21. The van der Waals surface area contributed by atoms with Crippen LogP contribution in [0.2, 0.25) is 5.02 Å². The number of carbonyl (C=O) groups is 1. The first-order valence-corrected chi connectivity index (χ1v) is 5.63. The van der Waals surface area contributed by atoms with Gasteiger partial charge in [-0.05, 0) is 30.5 Å². The quantitative estimate of drug-likeness (QED) is 0.798. The number of amides is 1. The maximum atomic E-state index is 11.8. The molecule has 1 aromatic carbocycles. The van der Waals surface area contributed by atoms with Gasteiger partial charge >= 0.3 is 0 Å². The van der Waals surface area contributed by atoms with E-state index in [1.807, 2.05) is 20.8 Å². The molecule has 0 heterocycles. The lowest BCUT2D eigenvalue weighted by Gasteiger charge is -2.11. The molecule has 0 spiro atoms. The minimum atomic E-state index is -0.170. The molecule has 3 N–H and O–H groups in total. The summed E-state index contributed by atoms with van der Waals surface area (Å²) in [6.07, 6.45) is 0. The van der Waals surface area contributed by atoms with Crippen molar-refractivity contribution in [3.8, 4) is 0 Å². The van der Waals surface area contributed by atoms with Crippen LogP contribution in [0.1, 0.15) is 29.8 Å². The smallest absolute Gasteiger partial charge is 0.253 e. The Morgan fingerprint density at radius 1 is 1.50 bits per heavy atom. The summed E-state index contributed by atoms with van der Waals surface area (Å²) in [4.78, 5) is 11.8. The number of nitrogen functional groups attached to an aromatic ring is 1. The zero-order valence-electron chi connectivity index (χ0n) is 9.80. The van der Waals surface area contributed by atoms with Crippen LogP contribution in [0.4, 0.5) is 5.69 Å². The Hall–Kier alpha value is -1.22. The molecule has 0 aliphatic heterocycles. The standard InChI is InChI=1S/C12H17ClN2O/c1-7(2)6-15-12(16)10-5-9(13)4-8(3)11(10)14/h4-5,7H,6,14H2,1-3H3,(H,15,16). The molecule has 0 aromatic heterocycles. The first-order valence-electron chi connectivity index (χ1n) is 5.25. The summed E-state index contributed by atoms with van der Waals surface area (Å²) in [7, 11) is 0. The number of rotatable bonds is 3. The van der Waals surface area contributed by atoms with E-state index in [0.29, 0.717) is 28.7 Å². The molecule has 0 aliphatic carbocycles. The zero-order chi connectivity index (χ0) is 12.3. The van der Waals surface area contributed by atoms with Gasteiger partial charge in [0.05, 0.1) is 5.56 Å². The Balaban J connectivity index is 2.91. The third kappa shape index (κ3) is 3.14. The molecule has 0 saturated carbocycles. The van der Waals surface area contributed by atoms with E-state index >= 15 is 0 Å². The monoisotopic (exact) mass is 240 g/mol. The lowest BCUT2D eigenvalue weighted by Crippen LogP contribution is -2.28. The summed E-state index contributed by atoms with van der Waals surface area (Å²) in [6.45, 7) is 6.53. The van der Waals surface area contributed by atoms with Crippen molar-refractivity contribution in [3.05, 3.63) is 28.3 Å². The van der Waals surface area contributed by atoms with Crippen molar-refractivity contribution >= 4 is 23.2 Å². The van der Waals surface area contributed by atoms with Gasteiger partial charge in [-0.25, -0.2) is 0 Å². The average Bonchev–Trinajstić information content (AvgIpc) is 2.19. The van der Waals surface area contributed by atoms with E-state index in [-0.39, 0.29) is 5.91 Å². The molecule has 0 atom stereocenters. The number of anilines is 1. The SMILES string of the molecule is Cc1cc(Cl)cc(C(=O)NCC(C)C)c1N. The first-order chi connectivity index (χ1) is 7.41. The third-order valence-electron chi connectivity index (χ3n) is 2.27. The lowest BCUT2D eigenvalue weighted by atomic mass is 10.1. The van der Waals surface area contributed by atoms with Crippen molar-refractivity contribution in [1.29, 1.82) is 0 Å². The molecule has 0 unspecified atom stereocenters. The van der Waals surface area contributed by atoms with Gasteiger partial charge in [0.25, 0.3) is 5.91 Å². The van der Waals surface area contributed by atoms with E-state index in [0.717, 1.165) is 5.56 Å². The number of carbonyl (C=O) groups excluding carboxylic acids is 1. The lowest BCUT2D eigenvalue weighted by molar-refractivity contribution is 0.0950. The highest BCUT2D eigenvalue weighted by Crippen LogP contribution is 2.22. The largest absolute Gasteiger partial charge is 0.398 e. The first kappa shape index (κ1) is 12.8. The van der Waals surface area contributed by atoms with E-state index in [2.05, 4.69) is 5.32 Å². The van der Waals surface area contributed by atoms with Crippen LogP contribution in [0, 0.1) is 12.8 Å². The average molecular weight is 241 g/mol. The van der Waals surface area contributed by atoms with E-state index in [4.69, 9.17) is 17.3 Å². The van der Waals surface area contributed by atoms with E-state index in [9.17, 15) is 4.79 Å². The molecule has 0 bridgehead atoms. The van der Waals surface area contributed by atoms with Crippen molar-refractivity contribution in [2.75, 3.05) is 12.3 Å². The number of nitrogens with two attached hydrogens (primary N) is 1. The van der Waals surface area contributed by atoms with Crippen molar-refractivity contribution in [3.63, 3.8) is 0 Å². The van der Waals surface area contributed by atoms with Crippen LogP contribution >= 0.6 is 11.6 Å². The topological polar surface area (TPSA) is 55.1 Å². The highest BCUT2D eigenvalue weighted by molar-refractivity contribution is 6.31. The Morgan fingerprint density at radius 3 is 2.69 bits per heavy atom. The number of halogens is 1. The normalized spacial score (nSPS) is 10.6. The Labute approximate surface area is 101 Å². The summed E-state index contributed by atoms with van der Waals surface area (Å²) >= 11 is 5.89. The Morgan fingerprint density at radius 2 is 2.12 bits per heavy atom. The van der Waals surface area contributed by atoms with Gasteiger partial charge in [-0.2, -0.15) is 0 Å². The molecule has 16 heavy (non-hydrogen) atoms. The number of nitrogens with one attached hydrogen (secondary N) is 1. The summed E-state index contributed by atoms with van der Waals surface area (Å²) in [5.41, 5.74) is 7.60. The van der Waals surface area contributed by atoms with Crippen molar-refractivity contribution < 1.29 is 4.79 Å². The van der Waals surface area contributed by atoms with Gasteiger partial charge in [0.2, 0.25) is 0 Å². The maximum Gasteiger partial charge on any atom is 0.253 e. The van der Waals surface area contributed by atoms with Gasteiger partial charge in [-0.15, -0.1) is 0 Å². The molecule has 0 fully saturated rings. The van der Waals surface area contributed by atoms with Crippen LogP contribution in [-0.4, -0.2) is 12.5 Å². The van der Waals surface area contributed by atoms with E-state index in [1.165, 1.54) is 0 Å². The number of aryl methyl sites for hydroxylation is 1. The summed E-state index contributed by atoms with van der Waals surface area (Å²) in [6, 6.07) is 3.34. The summed E-state index contributed by atoms with van der Waals surface area (Å²) in [5.74, 6) is 0.238. The summed E-state index contributed by atoms with van der Waals surface area (Å²) < 4.78 is 0. The molecular weight excluding hydrogens is 224 g/mol. The molecule has 88 valence electrons. The molecular formula is C12H17ClN2O. The Bertz CT molecular complexity index is 402. The summed E-state index contributed by atoms with van der Waals surface area (Å²) in [5, 5.41) is 3.35. The molecule has 0 radical (unpaired) electrons. The predicted molar refractivity (Wildman–Crippen MR) is 67.8 cm³/mol. The second-order valence-electron chi connectivity index (χ2n) is 4.29. The van der Waals surface area contributed by atoms with Gasteiger partial charge in [-0.3, -0.25) is 4.79 Å².